The van der Waals surface area contributed by atoms with Crippen LogP contribution in [0.25, 0.3) is 0 Å². The Morgan fingerprint density at radius 2 is 1.14 bits per heavy atom. The Balaban J connectivity index is 2.70. The molecule has 0 aliphatic carbocycles. The number of rotatable bonds is 19. The molecule has 15 heteroatoms. The van der Waals surface area contributed by atoms with E-state index in [4.69, 9.17) is 28.4 Å². The van der Waals surface area contributed by atoms with Gasteiger partial charge in [-0.25, -0.2) is 0 Å². The van der Waals surface area contributed by atoms with E-state index in [0.717, 1.165) is 39.0 Å². The van der Waals surface area contributed by atoms with Crippen molar-refractivity contribution in [1.29, 1.82) is 0 Å². The summed E-state index contributed by atoms with van der Waals surface area (Å²) < 4.78 is 42.3. The van der Waals surface area contributed by atoms with E-state index in [0.29, 0.717) is 13.0 Å². The van der Waals surface area contributed by atoms with E-state index in [2.05, 4.69) is 9.47 Å². The van der Waals surface area contributed by atoms with Crippen molar-refractivity contribution in [2.24, 2.45) is 0 Å². The molecular formula is C28H45NO14. The van der Waals surface area contributed by atoms with Crippen LogP contribution in [0.15, 0.2) is 0 Å². The predicted molar refractivity (Wildman–Crippen MR) is 146 cm³/mol. The molecule has 0 saturated carbocycles. The number of hydrogen-bond acceptors (Lipinski definition) is 15. The summed E-state index contributed by atoms with van der Waals surface area (Å²) >= 11 is 0. The van der Waals surface area contributed by atoms with Crippen molar-refractivity contribution >= 4 is 35.8 Å². The van der Waals surface area contributed by atoms with Gasteiger partial charge in [-0.15, -0.1) is 0 Å². The summed E-state index contributed by atoms with van der Waals surface area (Å²) in [4.78, 5) is 71.9. The lowest BCUT2D eigenvalue weighted by Gasteiger charge is -2.44. The van der Waals surface area contributed by atoms with Crippen LogP contribution in [0, 0.1) is 0 Å². The molecule has 1 aliphatic rings. The van der Waals surface area contributed by atoms with Crippen LogP contribution in [0.3, 0.4) is 0 Å². The summed E-state index contributed by atoms with van der Waals surface area (Å²) in [6.45, 7) is 5.07. The minimum atomic E-state index is -1.33. The number of esters is 6. The average molecular weight is 620 g/mol. The van der Waals surface area contributed by atoms with Gasteiger partial charge in [-0.1, -0.05) is 25.7 Å². The molecule has 1 rings (SSSR count). The average Bonchev–Trinajstić information content (AvgIpc) is 2.92. The Morgan fingerprint density at radius 1 is 0.628 bits per heavy atom. The van der Waals surface area contributed by atoms with Crippen LogP contribution >= 0.6 is 0 Å². The zero-order chi connectivity index (χ0) is 32.4. The Bertz CT molecular complexity index is 907. The molecule has 43 heavy (non-hydrogen) atoms. The highest BCUT2D eigenvalue weighted by Crippen LogP contribution is 2.30. The maximum Gasteiger partial charge on any atom is 0.319 e. The predicted octanol–water partition coefficient (Wildman–Crippen LogP) is 1.07. The molecule has 1 heterocycles. The van der Waals surface area contributed by atoms with Crippen molar-refractivity contribution in [3.05, 3.63) is 0 Å². The summed E-state index contributed by atoms with van der Waals surface area (Å²) in [5.74, 6) is -3.55. The van der Waals surface area contributed by atoms with Gasteiger partial charge in [0.05, 0.1) is 27.3 Å². The molecule has 0 radical (unpaired) electrons. The second-order valence-corrected chi connectivity index (χ2v) is 9.92. The normalized spacial score (nSPS) is 21.4. The Hall–Kier alpha value is -3.30. The van der Waals surface area contributed by atoms with Gasteiger partial charge in [0.1, 0.15) is 12.7 Å². The molecule has 0 aromatic carbocycles. The van der Waals surface area contributed by atoms with Crippen molar-refractivity contribution in [2.75, 3.05) is 47.1 Å². The Morgan fingerprint density at radius 3 is 1.65 bits per heavy atom. The van der Waals surface area contributed by atoms with E-state index in [-0.39, 0.29) is 26.3 Å². The molecule has 0 spiro atoms. The highest BCUT2D eigenvalue weighted by molar-refractivity contribution is 5.74. The van der Waals surface area contributed by atoms with Crippen LogP contribution in [0.1, 0.15) is 66.2 Å². The van der Waals surface area contributed by atoms with Crippen molar-refractivity contribution < 1.29 is 66.7 Å². The second kappa shape index (κ2) is 20.6. The highest BCUT2D eigenvalue weighted by atomic mass is 16.7. The molecule has 1 aliphatic heterocycles. The second-order valence-electron chi connectivity index (χ2n) is 9.92. The van der Waals surface area contributed by atoms with Crippen LogP contribution in [-0.2, 0) is 66.7 Å². The topological polar surface area (TPSA) is 179 Å². The van der Waals surface area contributed by atoms with E-state index in [9.17, 15) is 28.8 Å². The van der Waals surface area contributed by atoms with Crippen LogP contribution in [0.2, 0.25) is 0 Å². The van der Waals surface area contributed by atoms with Crippen molar-refractivity contribution in [2.45, 2.75) is 96.9 Å². The van der Waals surface area contributed by atoms with E-state index in [1.165, 1.54) is 35.0 Å². The summed E-state index contributed by atoms with van der Waals surface area (Å²) in [7, 11) is 2.58. The van der Waals surface area contributed by atoms with Gasteiger partial charge in [0, 0.05) is 34.3 Å². The molecule has 0 N–H and O–H groups in total. The van der Waals surface area contributed by atoms with Crippen molar-refractivity contribution in [3.8, 4) is 0 Å². The van der Waals surface area contributed by atoms with Gasteiger partial charge in [0.2, 0.25) is 6.29 Å². The van der Waals surface area contributed by atoms with Gasteiger partial charge in [-0.05, 0) is 19.4 Å². The molecule has 246 valence electrons. The number of methoxy groups -OCH3 is 2. The molecule has 15 nitrogen and oxygen atoms in total. The third-order valence-corrected chi connectivity index (χ3v) is 6.27. The molecule has 0 aromatic rings. The molecule has 5 atom stereocenters. The first kappa shape index (κ1) is 37.7. The fourth-order valence-corrected chi connectivity index (χ4v) is 4.38. The SMILES string of the molecule is COC(=O)CN(CCCCCCCCO[C@H]1C(OC(C)=O)O[C@H](COC(C)=O)[C@@H](OC(C)=O)[C@@H]1OC(C)=O)CC(=O)OC. The van der Waals surface area contributed by atoms with Gasteiger partial charge in [0.25, 0.3) is 0 Å². The van der Waals surface area contributed by atoms with Gasteiger partial charge in [-0.3, -0.25) is 33.7 Å². The minimum Gasteiger partial charge on any atom is -0.468 e. The minimum absolute atomic E-state index is 0.000689. The molecule has 1 saturated heterocycles. The fraction of sp³-hybridized carbons (Fsp3) is 0.786. The standard InChI is InChI=1S/C28H45NO14/c1-18(30)39-17-22-25(40-19(2)31)26(41-20(3)32)27(28(43-22)42-21(4)33)38-14-12-10-8-7-9-11-13-29(15-23(34)36-5)16-24(35)37-6/h22,25-28H,7-17H2,1-6H3/t22-,25-,26+,27-,28?/m1/s1. The third-order valence-electron chi connectivity index (χ3n) is 6.27. The number of unbranched alkanes of at least 4 members (excludes halogenated alkanes) is 5. The lowest BCUT2D eigenvalue weighted by Crippen LogP contribution is -2.62. The number of ether oxygens (including phenoxy) is 8. The zero-order valence-corrected chi connectivity index (χ0v) is 25.8. The third kappa shape index (κ3) is 15.7. The van der Waals surface area contributed by atoms with Gasteiger partial charge in [0.15, 0.2) is 18.3 Å². The molecule has 1 fully saturated rings. The highest BCUT2D eigenvalue weighted by Gasteiger charge is 2.52. The summed E-state index contributed by atoms with van der Waals surface area (Å²) in [6.07, 6.45) is -1.14. The fourth-order valence-electron chi connectivity index (χ4n) is 4.38. The quantitative estimate of drug-likeness (QED) is 0.114. The van der Waals surface area contributed by atoms with Crippen molar-refractivity contribution in [1.82, 2.24) is 4.90 Å². The lowest BCUT2D eigenvalue weighted by molar-refractivity contribution is -0.305. The first-order valence-corrected chi connectivity index (χ1v) is 14.2. The maximum absolute atomic E-state index is 12.0. The van der Waals surface area contributed by atoms with E-state index in [1.54, 1.807) is 4.90 Å². The zero-order valence-electron chi connectivity index (χ0n) is 25.8. The first-order valence-electron chi connectivity index (χ1n) is 14.2. The monoisotopic (exact) mass is 619 g/mol. The summed E-state index contributed by atoms with van der Waals surface area (Å²) in [6, 6.07) is 0. The van der Waals surface area contributed by atoms with Crippen LogP contribution in [0.4, 0.5) is 0 Å². The van der Waals surface area contributed by atoms with E-state index >= 15 is 0 Å². The van der Waals surface area contributed by atoms with Gasteiger partial charge in [-0.2, -0.15) is 0 Å². The summed E-state index contributed by atoms with van der Waals surface area (Å²) in [5.41, 5.74) is 0. The lowest BCUT2D eigenvalue weighted by atomic mass is 9.98. The molecule has 0 aromatic heterocycles. The number of hydrogen-bond donors (Lipinski definition) is 0. The molecular weight excluding hydrogens is 574 g/mol. The number of carbonyl (C=O) groups is 6. The first-order chi connectivity index (χ1) is 20.4. The molecule has 0 bridgehead atoms. The Kier molecular flexibility index (Phi) is 18.1. The van der Waals surface area contributed by atoms with E-state index < -0.39 is 66.5 Å². The number of carbonyl (C=O) groups excluding carboxylic acids is 6. The summed E-state index contributed by atoms with van der Waals surface area (Å²) in [5, 5.41) is 0. The van der Waals surface area contributed by atoms with Crippen LogP contribution in [0.5, 0.6) is 0 Å². The smallest absolute Gasteiger partial charge is 0.319 e. The molecule has 1 unspecified atom stereocenters. The van der Waals surface area contributed by atoms with Gasteiger partial charge >= 0.3 is 35.8 Å². The number of nitrogens with zero attached hydrogens (tertiary/aromatic N) is 1. The van der Waals surface area contributed by atoms with Crippen molar-refractivity contribution in [3.63, 3.8) is 0 Å². The maximum atomic E-state index is 12.0. The Labute approximate surface area is 251 Å². The van der Waals surface area contributed by atoms with Crippen LogP contribution < -0.4 is 0 Å². The largest absolute Gasteiger partial charge is 0.468 e. The molecule has 0 amide bonds. The van der Waals surface area contributed by atoms with E-state index in [1.807, 2.05) is 0 Å². The van der Waals surface area contributed by atoms with Crippen LogP contribution in [-0.4, -0.2) is 118 Å². The van der Waals surface area contributed by atoms with Gasteiger partial charge < -0.3 is 37.9 Å².